The molecule has 3 heteroatoms. The van der Waals surface area contributed by atoms with Gasteiger partial charge in [-0.25, -0.2) is 0 Å². The maximum absolute atomic E-state index is 14.0. The van der Waals surface area contributed by atoms with Gasteiger partial charge >= 0.3 is 0 Å². The van der Waals surface area contributed by atoms with E-state index in [4.69, 9.17) is 0 Å². The molecule has 0 saturated heterocycles. The largest absolute Gasteiger partial charge is 0.282 e. The summed E-state index contributed by atoms with van der Waals surface area (Å²) in [7, 11) is 0. The lowest BCUT2D eigenvalue weighted by atomic mass is 10.00. The predicted molar refractivity (Wildman–Crippen MR) is 70.2 cm³/mol. The molecule has 0 aliphatic heterocycles. The molecule has 98 valence electrons. The van der Waals surface area contributed by atoms with Gasteiger partial charge in [0.05, 0.1) is 5.54 Å². The van der Waals surface area contributed by atoms with Crippen molar-refractivity contribution in [2.75, 3.05) is 0 Å². The quantitative estimate of drug-likeness (QED) is 0.725. The second kappa shape index (κ2) is 4.38. The fourth-order valence-corrected chi connectivity index (χ4v) is 1.95. The topological polar surface area (TPSA) is 20.3 Å². The molecule has 0 radical (unpaired) electrons. The molecule has 2 rings (SSSR count). The van der Waals surface area contributed by atoms with E-state index in [-0.39, 0.29) is 0 Å². The Morgan fingerprint density at radius 3 is 2.44 bits per heavy atom. The molecule has 1 fully saturated rings. The van der Waals surface area contributed by atoms with Crippen LogP contribution in [0.15, 0.2) is 18.2 Å². The number of hydrogen-bond acceptors (Lipinski definition) is 1. The van der Waals surface area contributed by atoms with Gasteiger partial charge < -0.3 is 0 Å². The Morgan fingerprint density at radius 2 is 1.94 bits per heavy atom. The molecule has 0 aromatic heterocycles. The number of nitrogens with zero attached hydrogens (tertiary/aromatic N) is 1. The molecule has 0 bridgehead atoms. The first-order valence-corrected chi connectivity index (χ1v) is 6.41. The molecule has 0 spiro atoms. The SMILES string of the molecule is Cc1ccc(C2CC2)cc1C(=O)N(F)C(C)(C)C. The maximum atomic E-state index is 14.0. The van der Waals surface area contributed by atoms with E-state index < -0.39 is 11.4 Å². The molecule has 1 aromatic rings. The number of amides is 1. The van der Waals surface area contributed by atoms with Crippen LogP contribution in [0.4, 0.5) is 4.48 Å². The monoisotopic (exact) mass is 249 g/mol. The number of aryl methyl sites for hydroxylation is 1. The van der Waals surface area contributed by atoms with Gasteiger partial charge in [0.25, 0.3) is 5.91 Å². The van der Waals surface area contributed by atoms with Gasteiger partial charge in [0, 0.05) is 5.56 Å². The summed E-state index contributed by atoms with van der Waals surface area (Å²) in [4.78, 5) is 12.2. The molecule has 0 unspecified atom stereocenters. The van der Waals surface area contributed by atoms with Crippen molar-refractivity contribution < 1.29 is 9.28 Å². The fraction of sp³-hybridized carbons (Fsp3) is 0.533. The highest BCUT2D eigenvalue weighted by atomic mass is 19.2. The average Bonchev–Trinajstić information content (AvgIpc) is 3.10. The van der Waals surface area contributed by atoms with Gasteiger partial charge in [-0.05, 0) is 63.6 Å². The van der Waals surface area contributed by atoms with Crippen molar-refractivity contribution in [3.05, 3.63) is 34.9 Å². The highest BCUT2D eigenvalue weighted by molar-refractivity contribution is 5.95. The summed E-state index contributed by atoms with van der Waals surface area (Å²) < 4.78 is 14.0. The smallest absolute Gasteiger partial charge is 0.266 e. The van der Waals surface area contributed by atoms with Gasteiger partial charge in [-0.15, -0.1) is 0 Å². The summed E-state index contributed by atoms with van der Waals surface area (Å²) in [5, 5.41) is 0.325. The lowest BCUT2D eigenvalue weighted by molar-refractivity contribution is -0.0322. The van der Waals surface area contributed by atoms with Crippen LogP contribution in [-0.4, -0.2) is 16.6 Å². The molecule has 1 aromatic carbocycles. The van der Waals surface area contributed by atoms with E-state index in [1.807, 2.05) is 25.1 Å². The molecular weight excluding hydrogens is 229 g/mol. The van der Waals surface area contributed by atoms with Crippen LogP contribution in [0.2, 0.25) is 0 Å². The minimum absolute atomic E-state index is 0.325. The zero-order valence-electron chi connectivity index (χ0n) is 11.5. The van der Waals surface area contributed by atoms with Crippen LogP contribution in [0.5, 0.6) is 0 Å². The summed E-state index contributed by atoms with van der Waals surface area (Å²) >= 11 is 0. The molecule has 1 aliphatic rings. The third-order valence-electron chi connectivity index (χ3n) is 3.31. The average molecular weight is 249 g/mol. The number of halogens is 1. The van der Waals surface area contributed by atoms with Gasteiger partial charge in [0.1, 0.15) is 0 Å². The second-order valence-corrected chi connectivity index (χ2v) is 6.11. The summed E-state index contributed by atoms with van der Waals surface area (Å²) in [5.74, 6) is 0.0300. The highest BCUT2D eigenvalue weighted by Gasteiger charge is 2.30. The van der Waals surface area contributed by atoms with E-state index in [9.17, 15) is 9.28 Å². The van der Waals surface area contributed by atoms with Crippen molar-refractivity contribution in [1.29, 1.82) is 0 Å². The molecule has 18 heavy (non-hydrogen) atoms. The van der Waals surface area contributed by atoms with Crippen LogP contribution < -0.4 is 0 Å². The predicted octanol–water partition coefficient (Wildman–Crippen LogP) is 4.00. The Bertz CT molecular complexity index is 472. The molecule has 2 nitrogen and oxygen atoms in total. The van der Waals surface area contributed by atoms with E-state index in [1.165, 1.54) is 12.8 Å². The van der Waals surface area contributed by atoms with Crippen LogP contribution in [0, 0.1) is 6.92 Å². The first-order chi connectivity index (χ1) is 8.30. The minimum Gasteiger partial charge on any atom is -0.266 e. The minimum atomic E-state index is -0.806. The van der Waals surface area contributed by atoms with Gasteiger partial charge in [0.15, 0.2) is 0 Å². The zero-order valence-corrected chi connectivity index (χ0v) is 11.5. The van der Waals surface area contributed by atoms with Crippen LogP contribution >= 0.6 is 0 Å². The first kappa shape index (κ1) is 13.1. The van der Waals surface area contributed by atoms with Crippen molar-refractivity contribution in [2.24, 2.45) is 0 Å². The molecule has 0 atom stereocenters. The molecule has 1 saturated carbocycles. The molecule has 0 heterocycles. The zero-order chi connectivity index (χ0) is 13.5. The number of hydrogen-bond donors (Lipinski definition) is 0. The molecule has 0 N–H and O–H groups in total. The van der Waals surface area contributed by atoms with E-state index in [0.29, 0.717) is 16.6 Å². The maximum Gasteiger partial charge on any atom is 0.282 e. The molecule has 1 amide bonds. The number of benzene rings is 1. The van der Waals surface area contributed by atoms with Gasteiger partial charge in [-0.3, -0.25) is 4.79 Å². The number of carbonyl (C=O) groups is 1. The Kier molecular flexibility index (Phi) is 3.18. The third kappa shape index (κ3) is 2.55. The lowest BCUT2D eigenvalue weighted by Crippen LogP contribution is -2.39. The van der Waals surface area contributed by atoms with Crippen LogP contribution in [-0.2, 0) is 0 Å². The van der Waals surface area contributed by atoms with Crippen LogP contribution in [0.1, 0.15) is 61.0 Å². The Hall–Kier alpha value is -1.38. The lowest BCUT2D eigenvalue weighted by Gasteiger charge is -2.27. The Labute approximate surface area is 108 Å². The van der Waals surface area contributed by atoms with Crippen molar-refractivity contribution in [1.82, 2.24) is 5.12 Å². The van der Waals surface area contributed by atoms with Gasteiger partial charge in [0.2, 0.25) is 0 Å². The summed E-state index contributed by atoms with van der Waals surface area (Å²) in [6, 6.07) is 5.81. The Morgan fingerprint density at radius 1 is 1.33 bits per heavy atom. The molecular formula is C15H20FNO. The fourth-order valence-electron chi connectivity index (χ4n) is 1.95. The first-order valence-electron chi connectivity index (χ1n) is 6.41. The van der Waals surface area contributed by atoms with Crippen molar-refractivity contribution in [3.63, 3.8) is 0 Å². The van der Waals surface area contributed by atoms with E-state index in [1.54, 1.807) is 20.8 Å². The second-order valence-electron chi connectivity index (χ2n) is 6.11. The van der Waals surface area contributed by atoms with Crippen LogP contribution in [0.3, 0.4) is 0 Å². The Balaban J connectivity index is 2.31. The summed E-state index contributed by atoms with van der Waals surface area (Å²) in [6.45, 7) is 6.90. The third-order valence-corrected chi connectivity index (χ3v) is 3.31. The van der Waals surface area contributed by atoms with E-state index in [0.717, 1.165) is 11.1 Å². The number of carbonyl (C=O) groups excluding carboxylic acids is 1. The van der Waals surface area contributed by atoms with E-state index in [2.05, 4.69) is 0 Å². The normalized spacial score (nSPS) is 15.6. The molecule has 1 aliphatic carbocycles. The van der Waals surface area contributed by atoms with Gasteiger partial charge in [-0.2, -0.15) is 5.12 Å². The summed E-state index contributed by atoms with van der Waals surface area (Å²) in [5.41, 5.74) is 1.67. The standard InChI is InChI=1S/C15H20FNO/c1-10-5-6-12(11-7-8-11)9-13(10)14(18)17(16)15(2,3)4/h5-6,9,11H,7-8H2,1-4H3. The summed E-state index contributed by atoms with van der Waals surface area (Å²) in [6.07, 6.45) is 2.35. The van der Waals surface area contributed by atoms with E-state index >= 15 is 0 Å². The van der Waals surface area contributed by atoms with Crippen molar-refractivity contribution in [3.8, 4) is 0 Å². The van der Waals surface area contributed by atoms with Crippen molar-refractivity contribution >= 4 is 5.91 Å². The number of rotatable bonds is 2. The highest BCUT2D eigenvalue weighted by Crippen LogP contribution is 2.40. The van der Waals surface area contributed by atoms with Gasteiger partial charge in [-0.1, -0.05) is 16.6 Å². The van der Waals surface area contributed by atoms with Crippen LogP contribution in [0.25, 0.3) is 0 Å². The van der Waals surface area contributed by atoms with Crippen molar-refractivity contribution in [2.45, 2.75) is 52.0 Å².